The van der Waals surface area contributed by atoms with Gasteiger partial charge in [0.2, 0.25) is 0 Å². The summed E-state index contributed by atoms with van der Waals surface area (Å²) in [4.78, 5) is 16.4. The summed E-state index contributed by atoms with van der Waals surface area (Å²) in [6.45, 7) is 3.21. The molecule has 0 atom stereocenters. The second kappa shape index (κ2) is 7.12. The Morgan fingerprint density at radius 3 is 2.50 bits per heavy atom. The molecule has 1 aromatic heterocycles. The van der Waals surface area contributed by atoms with Crippen LogP contribution in [0.5, 0.6) is 11.5 Å². The fourth-order valence-electron chi connectivity index (χ4n) is 2.35. The lowest BCUT2D eigenvalue weighted by atomic mass is 10.2. The molecule has 1 heterocycles. The molecule has 6 heteroatoms. The van der Waals surface area contributed by atoms with Crippen molar-refractivity contribution in [3.05, 3.63) is 65.0 Å². The van der Waals surface area contributed by atoms with Gasteiger partial charge in [0, 0.05) is 6.07 Å². The van der Waals surface area contributed by atoms with Crippen LogP contribution in [0.3, 0.4) is 0 Å². The highest BCUT2D eigenvalue weighted by atomic mass is 19.1. The van der Waals surface area contributed by atoms with Crippen LogP contribution >= 0.6 is 0 Å². The Morgan fingerprint density at radius 1 is 1.08 bits per heavy atom. The van der Waals surface area contributed by atoms with E-state index in [-0.39, 0.29) is 5.56 Å². The predicted molar refractivity (Wildman–Crippen MR) is 89.1 cm³/mol. The second-order valence-electron chi connectivity index (χ2n) is 5.16. The van der Waals surface area contributed by atoms with Crippen molar-refractivity contribution in [3.63, 3.8) is 0 Å². The number of hydrogen-bond donors (Lipinski definition) is 0. The van der Waals surface area contributed by atoms with E-state index < -0.39 is 5.82 Å². The van der Waals surface area contributed by atoms with E-state index in [1.54, 1.807) is 0 Å². The van der Waals surface area contributed by atoms with Gasteiger partial charge >= 0.3 is 0 Å². The summed E-state index contributed by atoms with van der Waals surface area (Å²) < 4.78 is 25.6. The fraction of sp³-hybridized carbons (Fsp3) is 0.222. The predicted octanol–water partition coefficient (Wildman–Crippen LogP) is 3.01. The molecule has 0 fully saturated rings. The number of ether oxygens (including phenoxy) is 2. The van der Waals surface area contributed by atoms with E-state index in [9.17, 15) is 9.18 Å². The molecular formula is C18H17FN2O3. The third kappa shape index (κ3) is 3.53. The summed E-state index contributed by atoms with van der Waals surface area (Å²) in [5.41, 5.74) is 0.138. The summed E-state index contributed by atoms with van der Waals surface area (Å²) >= 11 is 0. The van der Waals surface area contributed by atoms with Gasteiger partial charge in [-0.15, -0.1) is 0 Å². The van der Waals surface area contributed by atoms with Crippen molar-refractivity contribution < 1.29 is 13.9 Å². The van der Waals surface area contributed by atoms with E-state index in [4.69, 9.17) is 9.47 Å². The third-order valence-corrected chi connectivity index (χ3v) is 3.52. The van der Waals surface area contributed by atoms with Crippen LogP contribution < -0.4 is 15.0 Å². The van der Waals surface area contributed by atoms with Crippen molar-refractivity contribution in [2.24, 2.45) is 0 Å². The van der Waals surface area contributed by atoms with Gasteiger partial charge in [0.05, 0.1) is 30.4 Å². The zero-order chi connectivity index (χ0) is 16.9. The Labute approximate surface area is 138 Å². The number of halogens is 1. The minimum Gasteiger partial charge on any atom is -0.494 e. The lowest BCUT2D eigenvalue weighted by Crippen LogP contribution is -2.23. The van der Waals surface area contributed by atoms with Gasteiger partial charge in [0.1, 0.15) is 23.9 Å². The molecule has 24 heavy (non-hydrogen) atoms. The maximum Gasteiger partial charge on any atom is 0.261 e. The molecule has 0 saturated carbocycles. The van der Waals surface area contributed by atoms with E-state index in [1.165, 1.54) is 29.1 Å². The molecule has 0 saturated heterocycles. The van der Waals surface area contributed by atoms with Crippen molar-refractivity contribution in [3.8, 4) is 11.5 Å². The van der Waals surface area contributed by atoms with Crippen molar-refractivity contribution in [2.75, 3.05) is 13.2 Å². The number of rotatable bonds is 6. The Balaban J connectivity index is 1.66. The number of nitrogens with zero attached hydrogens (tertiary/aromatic N) is 2. The number of aromatic nitrogens is 2. The molecule has 3 aromatic rings. The summed E-state index contributed by atoms with van der Waals surface area (Å²) in [5.74, 6) is 1.07. The molecule has 124 valence electrons. The average molecular weight is 328 g/mol. The highest BCUT2D eigenvalue weighted by molar-refractivity contribution is 5.77. The molecule has 0 bridgehead atoms. The van der Waals surface area contributed by atoms with Crippen LogP contribution in [-0.2, 0) is 6.54 Å². The molecule has 5 nitrogen and oxygen atoms in total. The first-order valence-electron chi connectivity index (χ1n) is 7.68. The highest BCUT2D eigenvalue weighted by Gasteiger charge is 2.05. The molecule has 0 aliphatic carbocycles. The standard InChI is InChI=1S/C18H17FN2O3/c1-2-23-14-4-6-15(7-5-14)24-10-9-21-12-20-17-11-13(19)3-8-16(17)18(21)22/h3-8,11-12H,2,9-10H2,1H3. The minimum atomic E-state index is -0.411. The van der Waals surface area contributed by atoms with Crippen LogP contribution in [0.1, 0.15) is 6.92 Å². The first-order valence-corrected chi connectivity index (χ1v) is 7.68. The molecule has 0 spiro atoms. The van der Waals surface area contributed by atoms with Crippen molar-refractivity contribution in [1.29, 1.82) is 0 Å². The van der Waals surface area contributed by atoms with Gasteiger partial charge in [-0.05, 0) is 43.3 Å². The SMILES string of the molecule is CCOc1ccc(OCCn2cnc3cc(F)ccc3c2=O)cc1. The Hall–Kier alpha value is -2.89. The van der Waals surface area contributed by atoms with E-state index in [0.29, 0.717) is 36.4 Å². The molecule has 0 unspecified atom stereocenters. The summed E-state index contributed by atoms with van der Waals surface area (Å²) in [6, 6.07) is 11.2. The lowest BCUT2D eigenvalue weighted by molar-refractivity contribution is 0.294. The van der Waals surface area contributed by atoms with Crippen molar-refractivity contribution in [1.82, 2.24) is 9.55 Å². The first-order chi connectivity index (χ1) is 11.7. The Bertz CT molecular complexity index is 891. The van der Waals surface area contributed by atoms with Gasteiger partial charge in [-0.3, -0.25) is 9.36 Å². The zero-order valence-electron chi connectivity index (χ0n) is 13.2. The molecule has 0 amide bonds. The Morgan fingerprint density at radius 2 is 1.79 bits per heavy atom. The minimum absolute atomic E-state index is 0.213. The Kier molecular flexibility index (Phi) is 4.74. The van der Waals surface area contributed by atoms with E-state index >= 15 is 0 Å². The van der Waals surface area contributed by atoms with Crippen LogP contribution in [0.25, 0.3) is 10.9 Å². The van der Waals surface area contributed by atoms with Gasteiger partial charge in [0.15, 0.2) is 0 Å². The van der Waals surface area contributed by atoms with Gasteiger partial charge in [-0.2, -0.15) is 0 Å². The van der Waals surface area contributed by atoms with Crippen molar-refractivity contribution >= 4 is 10.9 Å². The number of hydrogen-bond acceptors (Lipinski definition) is 4. The quantitative estimate of drug-likeness (QED) is 0.698. The van der Waals surface area contributed by atoms with Gasteiger partial charge in [0.25, 0.3) is 5.56 Å². The van der Waals surface area contributed by atoms with Gasteiger partial charge in [-0.25, -0.2) is 9.37 Å². The molecule has 0 N–H and O–H groups in total. The highest BCUT2D eigenvalue weighted by Crippen LogP contribution is 2.17. The van der Waals surface area contributed by atoms with Gasteiger partial charge < -0.3 is 9.47 Å². The third-order valence-electron chi connectivity index (χ3n) is 3.52. The average Bonchev–Trinajstić information content (AvgIpc) is 2.58. The normalized spacial score (nSPS) is 10.8. The molecule has 0 aliphatic rings. The summed E-state index contributed by atoms with van der Waals surface area (Å²) in [7, 11) is 0. The van der Waals surface area contributed by atoms with Crippen LogP contribution in [0, 0.1) is 5.82 Å². The summed E-state index contributed by atoms with van der Waals surface area (Å²) in [5, 5.41) is 0.389. The van der Waals surface area contributed by atoms with E-state index in [2.05, 4.69) is 4.98 Å². The fourth-order valence-corrected chi connectivity index (χ4v) is 2.35. The smallest absolute Gasteiger partial charge is 0.261 e. The first kappa shape index (κ1) is 16.0. The number of benzene rings is 2. The van der Waals surface area contributed by atoms with E-state index in [1.807, 2.05) is 31.2 Å². The maximum absolute atomic E-state index is 13.2. The molecule has 3 rings (SSSR count). The molecule has 0 aliphatic heterocycles. The van der Waals surface area contributed by atoms with E-state index in [0.717, 1.165) is 5.75 Å². The maximum atomic E-state index is 13.2. The van der Waals surface area contributed by atoms with Gasteiger partial charge in [-0.1, -0.05) is 0 Å². The molecule has 2 aromatic carbocycles. The zero-order valence-corrected chi connectivity index (χ0v) is 13.2. The van der Waals surface area contributed by atoms with Crippen molar-refractivity contribution in [2.45, 2.75) is 13.5 Å². The van der Waals surface area contributed by atoms with Crippen LogP contribution in [0.2, 0.25) is 0 Å². The monoisotopic (exact) mass is 328 g/mol. The lowest BCUT2D eigenvalue weighted by Gasteiger charge is -2.09. The number of fused-ring (bicyclic) bond motifs is 1. The molecular weight excluding hydrogens is 311 g/mol. The van der Waals surface area contributed by atoms with Crippen LogP contribution in [0.15, 0.2) is 53.6 Å². The summed E-state index contributed by atoms with van der Waals surface area (Å²) in [6.07, 6.45) is 1.41. The molecule has 0 radical (unpaired) electrons. The second-order valence-corrected chi connectivity index (χ2v) is 5.16. The van der Waals surface area contributed by atoms with Crippen LogP contribution in [-0.4, -0.2) is 22.8 Å². The largest absolute Gasteiger partial charge is 0.494 e. The van der Waals surface area contributed by atoms with Crippen LogP contribution in [0.4, 0.5) is 4.39 Å². The topological polar surface area (TPSA) is 53.4 Å².